The Hall–Kier alpha value is -1.15. The second-order valence-corrected chi connectivity index (χ2v) is 10.9. The fourth-order valence-electron chi connectivity index (χ4n) is 6.19. The van der Waals surface area contributed by atoms with E-state index < -0.39 is 21.5 Å². The van der Waals surface area contributed by atoms with Crippen LogP contribution in [0.25, 0.3) is 0 Å². The summed E-state index contributed by atoms with van der Waals surface area (Å²) in [5.41, 5.74) is 5.12. The monoisotopic (exact) mass is 384 g/mol. The van der Waals surface area contributed by atoms with Crippen LogP contribution in [0.15, 0.2) is 0 Å². The van der Waals surface area contributed by atoms with Crippen LogP contribution >= 0.6 is 0 Å². The minimum atomic E-state index is -3.22. The van der Waals surface area contributed by atoms with Crippen molar-refractivity contribution in [2.75, 3.05) is 19.3 Å². The van der Waals surface area contributed by atoms with Crippen LogP contribution in [0.1, 0.15) is 44.9 Å². The number of piperidine rings is 1. The van der Waals surface area contributed by atoms with Gasteiger partial charge in [-0.2, -0.15) is 0 Å². The Kier molecular flexibility index (Phi) is 4.34. The lowest BCUT2D eigenvalue weighted by Crippen LogP contribution is -2.62. The highest BCUT2D eigenvalue weighted by molar-refractivity contribution is 7.88. The zero-order chi connectivity index (χ0) is 18.7. The van der Waals surface area contributed by atoms with E-state index in [0.29, 0.717) is 37.8 Å². The lowest BCUT2D eigenvalue weighted by atomic mass is 9.48. The fraction of sp³-hybridized carbons (Fsp3) is 0.889. The van der Waals surface area contributed by atoms with Crippen LogP contribution in [0.4, 0.5) is 0 Å². The van der Waals surface area contributed by atoms with Crippen LogP contribution in [0.5, 0.6) is 0 Å². The number of primary amides is 1. The van der Waals surface area contributed by atoms with Gasteiger partial charge in [0.1, 0.15) is 6.10 Å². The third-order valence-corrected chi connectivity index (χ3v) is 8.51. The second-order valence-electron chi connectivity index (χ2n) is 8.92. The topological polar surface area (TPSA) is 107 Å². The molecule has 0 radical (unpaired) electrons. The van der Waals surface area contributed by atoms with Crippen LogP contribution in [0, 0.1) is 29.1 Å². The summed E-state index contributed by atoms with van der Waals surface area (Å²) in [6, 6.07) is 0. The van der Waals surface area contributed by atoms with Crippen molar-refractivity contribution < 1.29 is 22.7 Å². The molecule has 8 heteroatoms. The van der Waals surface area contributed by atoms with Gasteiger partial charge in [-0.15, -0.1) is 0 Å². The molecule has 7 nitrogen and oxygen atoms in total. The standard InChI is InChI=1S/C18H28N2O5S/c1-26(23,24)20-4-2-13(3-5-20)16(21)25-15-14-7-11-6-12(8-14)10-18(15,9-11)17(19)22/h11-15H,2-10H2,1H3,(H2,19,22). The molecule has 1 saturated heterocycles. The van der Waals surface area contributed by atoms with E-state index >= 15 is 0 Å². The van der Waals surface area contributed by atoms with Gasteiger partial charge in [-0.05, 0) is 62.7 Å². The van der Waals surface area contributed by atoms with Crippen molar-refractivity contribution >= 4 is 21.9 Å². The van der Waals surface area contributed by atoms with E-state index in [0.717, 1.165) is 25.7 Å². The molecular formula is C18H28N2O5S. The number of carbonyl (C=O) groups excluding carboxylic acids is 2. The third-order valence-electron chi connectivity index (χ3n) is 7.21. The van der Waals surface area contributed by atoms with Crippen molar-refractivity contribution in [3.8, 4) is 0 Å². The molecular weight excluding hydrogens is 356 g/mol. The highest BCUT2D eigenvalue weighted by Gasteiger charge is 2.62. The number of carbonyl (C=O) groups is 2. The number of rotatable bonds is 4. The van der Waals surface area contributed by atoms with Crippen molar-refractivity contribution in [1.29, 1.82) is 0 Å². The van der Waals surface area contributed by atoms with Gasteiger partial charge < -0.3 is 10.5 Å². The predicted molar refractivity (Wildman–Crippen MR) is 94.2 cm³/mol. The molecule has 5 fully saturated rings. The fourth-order valence-corrected chi connectivity index (χ4v) is 7.06. The van der Waals surface area contributed by atoms with Gasteiger partial charge in [-0.25, -0.2) is 12.7 Å². The quantitative estimate of drug-likeness (QED) is 0.724. The molecule has 4 bridgehead atoms. The molecule has 5 rings (SSSR count). The minimum Gasteiger partial charge on any atom is -0.461 e. The Labute approximate surface area is 154 Å². The molecule has 2 N–H and O–H groups in total. The lowest BCUT2D eigenvalue weighted by Gasteiger charge is -2.58. The number of hydrogen-bond acceptors (Lipinski definition) is 5. The van der Waals surface area contributed by atoms with Crippen molar-refractivity contribution in [2.45, 2.75) is 51.0 Å². The third kappa shape index (κ3) is 2.95. The Balaban J connectivity index is 1.45. The van der Waals surface area contributed by atoms with Gasteiger partial charge in [0.25, 0.3) is 0 Å². The first-order chi connectivity index (χ1) is 12.2. The number of nitrogens with zero attached hydrogens (tertiary/aromatic N) is 1. The van der Waals surface area contributed by atoms with Gasteiger partial charge in [0.05, 0.1) is 17.6 Å². The molecule has 0 aromatic rings. The number of nitrogens with two attached hydrogens (primary N) is 1. The molecule has 4 saturated carbocycles. The van der Waals surface area contributed by atoms with Crippen LogP contribution < -0.4 is 5.73 Å². The van der Waals surface area contributed by atoms with Crippen molar-refractivity contribution in [1.82, 2.24) is 4.31 Å². The maximum atomic E-state index is 12.8. The molecule has 0 spiro atoms. The van der Waals surface area contributed by atoms with E-state index in [4.69, 9.17) is 10.5 Å². The predicted octanol–water partition coefficient (Wildman–Crippen LogP) is 0.881. The molecule has 1 amide bonds. The van der Waals surface area contributed by atoms with Crippen LogP contribution in [-0.4, -0.2) is 50.0 Å². The molecule has 3 unspecified atom stereocenters. The van der Waals surface area contributed by atoms with Gasteiger partial charge in [0.2, 0.25) is 15.9 Å². The Morgan fingerprint density at radius 1 is 1.08 bits per heavy atom. The molecule has 1 heterocycles. The highest BCUT2D eigenvalue weighted by Crippen LogP contribution is 2.61. The smallest absolute Gasteiger partial charge is 0.309 e. The van der Waals surface area contributed by atoms with Crippen LogP contribution in [0.3, 0.4) is 0 Å². The Bertz CT molecular complexity index is 699. The van der Waals surface area contributed by atoms with Crippen molar-refractivity contribution in [2.24, 2.45) is 34.8 Å². The molecule has 26 heavy (non-hydrogen) atoms. The number of sulfonamides is 1. The van der Waals surface area contributed by atoms with Gasteiger partial charge in [-0.3, -0.25) is 9.59 Å². The van der Waals surface area contributed by atoms with Crippen molar-refractivity contribution in [3.05, 3.63) is 0 Å². The average molecular weight is 384 g/mol. The summed E-state index contributed by atoms with van der Waals surface area (Å²) < 4.78 is 30.6. The largest absolute Gasteiger partial charge is 0.461 e. The molecule has 5 aliphatic rings. The first-order valence-corrected chi connectivity index (χ1v) is 11.5. The molecule has 3 atom stereocenters. The van der Waals surface area contributed by atoms with Gasteiger partial charge >= 0.3 is 5.97 Å². The Morgan fingerprint density at radius 2 is 1.65 bits per heavy atom. The zero-order valence-electron chi connectivity index (χ0n) is 15.2. The zero-order valence-corrected chi connectivity index (χ0v) is 16.0. The van der Waals surface area contributed by atoms with Gasteiger partial charge in [0.15, 0.2) is 0 Å². The van der Waals surface area contributed by atoms with Gasteiger partial charge in [-0.1, -0.05) is 0 Å². The SMILES string of the molecule is CS(=O)(=O)N1CCC(C(=O)OC2C3CC4CC(C3)CC2(C(N)=O)C4)CC1. The highest BCUT2D eigenvalue weighted by atomic mass is 32.2. The number of hydrogen-bond donors (Lipinski definition) is 1. The summed E-state index contributed by atoms with van der Waals surface area (Å²) in [5.74, 6) is 0.419. The summed E-state index contributed by atoms with van der Waals surface area (Å²) in [6.45, 7) is 0.690. The van der Waals surface area contributed by atoms with E-state index in [9.17, 15) is 18.0 Å². The lowest BCUT2D eigenvalue weighted by molar-refractivity contribution is -0.199. The molecule has 146 valence electrons. The Morgan fingerprint density at radius 3 is 2.15 bits per heavy atom. The molecule has 1 aliphatic heterocycles. The maximum absolute atomic E-state index is 12.8. The summed E-state index contributed by atoms with van der Waals surface area (Å²) in [7, 11) is -3.22. The molecule has 0 aromatic heterocycles. The summed E-state index contributed by atoms with van der Waals surface area (Å²) >= 11 is 0. The van der Waals surface area contributed by atoms with E-state index in [-0.39, 0.29) is 23.7 Å². The van der Waals surface area contributed by atoms with E-state index in [1.807, 2.05) is 0 Å². The van der Waals surface area contributed by atoms with Gasteiger partial charge in [0, 0.05) is 13.1 Å². The normalized spacial score (nSPS) is 40.5. The second kappa shape index (κ2) is 6.19. The number of esters is 1. The average Bonchev–Trinajstić information content (AvgIpc) is 2.56. The number of amides is 1. The van der Waals surface area contributed by atoms with Crippen LogP contribution in [0.2, 0.25) is 0 Å². The first kappa shape index (κ1) is 18.2. The minimum absolute atomic E-state index is 0.244. The van der Waals surface area contributed by atoms with Crippen LogP contribution in [-0.2, 0) is 24.3 Å². The summed E-state index contributed by atoms with van der Waals surface area (Å²) in [6.07, 6.45) is 6.46. The van der Waals surface area contributed by atoms with E-state index in [1.165, 1.54) is 17.0 Å². The first-order valence-electron chi connectivity index (χ1n) is 9.64. The van der Waals surface area contributed by atoms with Crippen molar-refractivity contribution in [3.63, 3.8) is 0 Å². The maximum Gasteiger partial charge on any atom is 0.309 e. The van der Waals surface area contributed by atoms with E-state index in [1.54, 1.807) is 0 Å². The molecule has 4 aliphatic carbocycles. The summed E-state index contributed by atoms with van der Waals surface area (Å²) in [4.78, 5) is 25.1. The number of ether oxygens (including phenoxy) is 1. The van der Waals surface area contributed by atoms with E-state index in [2.05, 4.69) is 0 Å². The summed E-state index contributed by atoms with van der Waals surface area (Å²) in [5, 5.41) is 0. The molecule has 0 aromatic carbocycles.